The molecule has 27 heavy (non-hydrogen) atoms. The molecule has 0 radical (unpaired) electrons. The van der Waals surface area contributed by atoms with Gasteiger partial charge in [-0.2, -0.15) is 0 Å². The first kappa shape index (κ1) is 19.8. The van der Waals surface area contributed by atoms with Crippen LogP contribution in [0.3, 0.4) is 0 Å². The first-order chi connectivity index (χ1) is 12.5. The van der Waals surface area contributed by atoms with Gasteiger partial charge in [-0.1, -0.05) is 12.1 Å². The standard InChI is InChI=1S/C16H16FNO6S3/c17-12-3-1-4-13(9-12)18-27(23,24)15-6-2-5-14(10-15)26(21,22)16-7-8-25(19,20)11-16/h1-6,9-10,16,18H,7-8,11H2/t16-/m1/s1. The van der Waals surface area contributed by atoms with Gasteiger partial charge < -0.3 is 0 Å². The molecule has 146 valence electrons. The number of nitrogens with one attached hydrogen (secondary N) is 1. The van der Waals surface area contributed by atoms with Crippen molar-refractivity contribution in [1.29, 1.82) is 0 Å². The monoisotopic (exact) mass is 433 g/mol. The van der Waals surface area contributed by atoms with Crippen LogP contribution in [-0.4, -0.2) is 42.0 Å². The van der Waals surface area contributed by atoms with Crippen molar-refractivity contribution in [2.24, 2.45) is 0 Å². The van der Waals surface area contributed by atoms with E-state index in [9.17, 15) is 29.6 Å². The van der Waals surface area contributed by atoms with Crippen LogP contribution in [0.25, 0.3) is 0 Å². The lowest BCUT2D eigenvalue weighted by atomic mass is 10.3. The third-order valence-electron chi connectivity index (χ3n) is 4.15. The summed E-state index contributed by atoms with van der Waals surface area (Å²) >= 11 is 0. The molecular formula is C16H16FNO6S3. The predicted molar refractivity (Wildman–Crippen MR) is 97.9 cm³/mol. The Morgan fingerprint density at radius 2 is 1.63 bits per heavy atom. The largest absolute Gasteiger partial charge is 0.280 e. The second kappa shape index (κ2) is 6.88. The van der Waals surface area contributed by atoms with E-state index in [0.717, 1.165) is 18.2 Å². The van der Waals surface area contributed by atoms with Crippen molar-refractivity contribution in [3.63, 3.8) is 0 Å². The Balaban J connectivity index is 1.93. The molecule has 3 rings (SSSR count). The van der Waals surface area contributed by atoms with Gasteiger partial charge in [-0.25, -0.2) is 29.6 Å². The van der Waals surface area contributed by atoms with Crippen LogP contribution < -0.4 is 4.72 Å². The van der Waals surface area contributed by atoms with Crippen molar-refractivity contribution in [2.75, 3.05) is 16.2 Å². The molecule has 1 saturated heterocycles. The molecule has 2 aromatic rings. The maximum Gasteiger partial charge on any atom is 0.261 e. The van der Waals surface area contributed by atoms with E-state index in [1.807, 2.05) is 0 Å². The number of benzene rings is 2. The fourth-order valence-electron chi connectivity index (χ4n) is 2.78. The second-order valence-corrected chi connectivity index (χ2v) is 12.3. The fourth-order valence-corrected chi connectivity index (χ4v) is 8.36. The van der Waals surface area contributed by atoms with Crippen molar-refractivity contribution >= 4 is 35.4 Å². The molecule has 1 atom stereocenters. The molecule has 1 heterocycles. The lowest BCUT2D eigenvalue weighted by Gasteiger charge is -2.12. The maximum absolute atomic E-state index is 13.2. The minimum absolute atomic E-state index is 0.00912. The summed E-state index contributed by atoms with van der Waals surface area (Å²) < 4.78 is 88.9. The Hall–Kier alpha value is -1.98. The van der Waals surface area contributed by atoms with Gasteiger partial charge in [0.15, 0.2) is 19.7 Å². The molecule has 2 aromatic carbocycles. The van der Waals surface area contributed by atoms with Gasteiger partial charge in [0.05, 0.1) is 32.2 Å². The van der Waals surface area contributed by atoms with Gasteiger partial charge >= 0.3 is 0 Å². The number of sulfone groups is 2. The van der Waals surface area contributed by atoms with Gasteiger partial charge in [0.2, 0.25) is 0 Å². The normalized spacial score (nSPS) is 19.7. The number of halogens is 1. The van der Waals surface area contributed by atoms with E-state index in [2.05, 4.69) is 4.72 Å². The number of anilines is 1. The van der Waals surface area contributed by atoms with E-state index < -0.39 is 46.5 Å². The van der Waals surface area contributed by atoms with E-state index in [-0.39, 0.29) is 27.7 Å². The third-order valence-corrected chi connectivity index (χ3v) is 9.70. The molecule has 7 nitrogen and oxygen atoms in total. The molecule has 0 saturated carbocycles. The SMILES string of the molecule is O=S1(=O)CC[C@@H](S(=O)(=O)c2cccc(S(=O)(=O)Nc3cccc(F)c3)c2)C1. The average Bonchev–Trinajstić information content (AvgIpc) is 2.95. The molecular weight excluding hydrogens is 417 g/mol. The summed E-state index contributed by atoms with van der Waals surface area (Å²) in [5, 5.41) is -1.10. The zero-order valence-electron chi connectivity index (χ0n) is 13.9. The molecule has 0 aromatic heterocycles. The highest BCUT2D eigenvalue weighted by molar-refractivity contribution is 7.96. The lowest BCUT2D eigenvalue weighted by Crippen LogP contribution is -2.23. The van der Waals surface area contributed by atoms with Crippen molar-refractivity contribution < 1.29 is 29.6 Å². The van der Waals surface area contributed by atoms with E-state index >= 15 is 0 Å². The van der Waals surface area contributed by atoms with Crippen molar-refractivity contribution in [3.05, 3.63) is 54.3 Å². The third kappa shape index (κ3) is 4.30. The maximum atomic E-state index is 13.2. The van der Waals surface area contributed by atoms with E-state index in [1.54, 1.807) is 0 Å². The Bertz CT molecular complexity index is 1190. The minimum atomic E-state index is -4.16. The fraction of sp³-hybridized carbons (Fsp3) is 0.250. The predicted octanol–water partition coefficient (Wildman–Crippen LogP) is 1.59. The van der Waals surface area contributed by atoms with Crippen LogP contribution >= 0.6 is 0 Å². The van der Waals surface area contributed by atoms with Crippen LogP contribution in [0.4, 0.5) is 10.1 Å². The van der Waals surface area contributed by atoms with Gasteiger partial charge in [-0.15, -0.1) is 0 Å². The summed E-state index contributed by atoms with van der Waals surface area (Å²) in [5.74, 6) is -1.32. The molecule has 0 spiro atoms. The molecule has 0 amide bonds. The van der Waals surface area contributed by atoms with E-state index in [0.29, 0.717) is 0 Å². The summed E-state index contributed by atoms with van der Waals surface area (Å²) in [6, 6.07) is 9.48. The zero-order valence-corrected chi connectivity index (χ0v) is 16.3. The van der Waals surface area contributed by atoms with Crippen molar-refractivity contribution in [1.82, 2.24) is 0 Å². The number of hydrogen-bond acceptors (Lipinski definition) is 6. The number of hydrogen-bond donors (Lipinski definition) is 1. The molecule has 1 N–H and O–H groups in total. The van der Waals surface area contributed by atoms with Gasteiger partial charge in [-0.05, 0) is 42.8 Å². The molecule has 1 aliphatic rings. The highest BCUT2D eigenvalue weighted by Crippen LogP contribution is 2.27. The Kier molecular flexibility index (Phi) is 5.04. The molecule has 11 heteroatoms. The topological polar surface area (TPSA) is 114 Å². The van der Waals surface area contributed by atoms with Crippen LogP contribution in [-0.2, 0) is 29.7 Å². The van der Waals surface area contributed by atoms with Crippen LogP contribution in [0, 0.1) is 5.82 Å². The molecule has 0 aliphatic carbocycles. The summed E-state index contributed by atoms with van der Waals surface area (Å²) in [6.45, 7) is 0. The van der Waals surface area contributed by atoms with Crippen molar-refractivity contribution in [2.45, 2.75) is 21.5 Å². The molecule has 0 bridgehead atoms. The summed E-state index contributed by atoms with van der Waals surface area (Å²) in [5.41, 5.74) is -0.00912. The van der Waals surface area contributed by atoms with E-state index in [1.165, 1.54) is 30.3 Å². The summed E-state index contributed by atoms with van der Waals surface area (Å²) in [6.07, 6.45) is -0.0246. The smallest absolute Gasteiger partial charge is 0.261 e. The molecule has 0 unspecified atom stereocenters. The van der Waals surface area contributed by atoms with Gasteiger partial charge in [0.1, 0.15) is 5.82 Å². The Morgan fingerprint density at radius 1 is 0.963 bits per heavy atom. The van der Waals surface area contributed by atoms with Crippen LogP contribution in [0.1, 0.15) is 6.42 Å². The summed E-state index contributed by atoms with van der Waals surface area (Å²) in [7, 11) is -11.6. The van der Waals surface area contributed by atoms with Gasteiger partial charge in [-0.3, -0.25) is 4.72 Å². The zero-order chi connectivity index (χ0) is 19.9. The molecule has 1 aliphatic heterocycles. The van der Waals surface area contributed by atoms with E-state index in [4.69, 9.17) is 0 Å². The van der Waals surface area contributed by atoms with Gasteiger partial charge in [0.25, 0.3) is 10.0 Å². The molecule has 1 fully saturated rings. The summed E-state index contributed by atoms with van der Waals surface area (Å²) in [4.78, 5) is -0.597. The minimum Gasteiger partial charge on any atom is -0.280 e. The first-order valence-electron chi connectivity index (χ1n) is 7.82. The number of sulfonamides is 1. The van der Waals surface area contributed by atoms with Gasteiger partial charge in [0, 0.05) is 0 Å². The Labute approximate surface area is 157 Å². The Morgan fingerprint density at radius 3 is 2.26 bits per heavy atom. The average molecular weight is 434 g/mol. The van der Waals surface area contributed by atoms with Crippen LogP contribution in [0.5, 0.6) is 0 Å². The first-order valence-corrected chi connectivity index (χ1v) is 12.7. The number of rotatable bonds is 5. The highest BCUT2D eigenvalue weighted by Gasteiger charge is 2.38. The lowest BCUT2D eigenvalue weighted by molar-refractivity contribution is 0.582. The second-order valence-electron chi connectivity index (χ2n) is 6.16. The highest BCUT2D eigenvalue weighted by atomic mass is 32.2. The van der Waals surface area contributed by atoms with Crippen LogP contribution in [0.15, 0.2) is 58.3 Å². The quantitative estimate of drug-likeness (QED) is 0.766. The van der Waals surface area contributed by atoms with Crippen LogP contribution in [0.2, 0.25) is 0 Å². The van der Waals surface area contributed by atoms with Crippen molar-refractivity contribution in [3.8, 4) is 0 Å².